The van der Waals surface area contributed by atoms with Crippen molar-refractivity contribution in [3.8, 4) is 0 Å². The number of anilines is 2. The summed E-state index contributed by atoms with van der Waals surface area (Å²) in [5.74, 6) is 2.94. The van der Waals surface area contributed by atoms with E-state index in [0.717, 1.165) is 24.6 Å². The monoisotopic (exact) mass is 293 g/mol. The summed E-state index contributed by atoms with van der Waals surface area (Å²) in [5, 5.41) is 6.41. The van der Waals surface area contributed by atoms with E-state index >= 15 is 0 Å². The van der Waals surface area contributed by atoms with Crippen LogP contribution in [0, 0.1) is 18.8 Å². The van der Waals surface area contributed by atoms with E-state index in [1.54, 1.807) is 7.05 Å². The summed E-state index contributed by atoms with van der Waals surface area (Å²) in [6, 6.07) is 2.04. The van der Waals surface area contributed by atoms with Crippen LogP contribution in [0.1, 0.15) is 26.0 Å². The predicted octanol–water partition coefficient (Wildman–Crippen LogP) is 2.18. The van der Waals surface area contributed by atoms with Gasteiger partial charge in [0.2, 0.25) is 5.95 Å². The number of thiocarbonyl (C=S) groups is 1. The summed E-state index contributed by atoms with van der Waals surface area (Å²) in [6.07, 6.45) is 1.29. The fourth-order valence-corrected chi connectivity index (χ4v) is 2.88. The molecule has 1 saturated heterocycles. The molecule has 0 amide bonds. The first-order valence-corrected chi connectivity index (χ1v) is 7.48. The molecule has 0 saturated carbocycles. The lowest BCUT2D eigenvalue weighted by atomic mass is 9.92. The minimum Gasteiger partial charge on any atom is -0.365 e. The van der Waals surface area contributed by atoms with Crippen LogP contribution in [0.2, 0.25) is 0 Å². The third-order valence-corrected chi connectivity index (χ3v) is 3.79. The van der Waals surface area contributed by atoms with Gasteiger partial charge in [0, 0.05) is 31.9 Å². The minimum atomic E-state index is 0.530. The molecule has 0 radical (unpaired) electrons. The van der Waals surface area contributed by atoms with Gasteiger partial charge >= 0.3 is 0 Å². The van der Waals surface area contributed by atoms with Crippen LogP contribution in [-0.2, 0) is 0 Å². The third kappa shape index (κ3) is 3.79. The molecule has 1 fully saturated rings. The Hall–Kier alpha value is -1.43. The molecule has 1 aliphatic rings. The molecule has 110 valence electrons. The molecular formula is C14H23N5S. The van der Waals surface area contributed by atoms with E-state index in [0.29, 0.717) is 22.9 Å². The van der Waals surface area contributed by atoms with E-state index < -0.39 is 0 Å². The van der Waals surface area contributed by atoms with Gasteiger partial charge in [0.15, 0.2) is 5.11 Å². The second-order valence-corrected chi connectivity index (χ2v) is 6.15. The molecule has 1 aromatic rings. The predicted molar refractivity (Wildman–Crippen MR) is 87.2 cm³/mol. The van der Waals surface area contributed by atoms with E-state index in [4.69, 9.17) is 12.2 Å². The van der Waals surface area contributed by atoms with Crippen LogP contribution >= 0.6 is 12.2 Å². The maximum absolute atomic E-state index is 5.10. The number of aryl methyl sites for hydroxylation is 1. The van der Waals surface area contributed by atoms with Crippen molar-refractivity contribution >= 4 is 29.1 Å². The van der Waals surface area contributed by atoms with Crippen molar-refractivity contribution in [1.29, 1.82) is 0 Å². The summed E-state index contributed by atoms with van der Waals surface area (Å²) in [5.41, 5.74) is 0.947. The maximum atomic E-state index is 5.10. The number of hydrogen-bond donors (Lipinski definition) is 2. The number of hydrogen-bond acceptors (Lipinski definition) is 4. The van der Waals surface area contributed by atoms with Gasteiger partial charge in [-0.25, -0.2) is 4.98 Å². The van der Waals surface area contributed by atoms with Crippen LogP contribution in [0.3, 0.4) is 0 Å². The lowest BCUT2D eigenvalue weighted by molar-refractivity contribution is 0.355. The summed E-state index contributed by atoms with van der Waals surface area (Å²) >= 11 is 5.10. The highest BCUT2D eigenvalue weighted by atomic mass is 32.1. The lowest BCUT2D eigenvalue weighted by Gasteiger charge is -2.36. The average Bonchev–Trinajstić information content (AvgIpc) is 2.36. The smallest absolute Gasteiger partial charge is 0.231 e. The largest absolute Gasteiger partial charge is 0.365 e. The van der Waals surface area contributed by atoms with Gasteiger partial charge in [-0.2, -0.15) is 4.98 Å². The van der Waals surface area contributed by atoms with Crippen LogP contribution < -0.4 is 15.5 Å². The molecule has 1 aromatic heterocycles. The average molecular weight is 293 g/mol. The highest BCUT2D eigenvalue weighted by Gasteiger charge is 2.23. The van der Waals surface area contributed by atoms with Crippen molar-refractivity contribution in [3.63, 3.8) is 0 Å². The first-order valence-electron chi connectivity index (χ1n) is 7.07. The number of nitrogens with zero attached hydrogens (tertiary/aromatic N) is 3. The molecule has 5 nitrogen and oxygen atoms in total. The first kappa shape index (κ1) is 15.0. The SMILES string of the molecule is CNC(=S)Nc1nc(C)cc(N2C[C@H](C)C[C@H](C)C2)n1. The van der Waals surface area contributed by atoms with Crippen LogP contribution in [0.25, 0.3) is 0 Å². The van der Waals surface area contributed by atoms with Crippen LogP contribution in [0.4, 0.5) is 11.8 Å². The molecule has 0 aromatic carbocycles. The normalized spacial score (nSPS) is 22.5. The van der Waals surface area contributed by atoms with Gasteiger partial charge in [0.05, 0.1) is 0 Å². The van der Waals surface area contributed by atoms with Crippen molar-refractivity contribution < 1.29 is 0 Å². The maximum Gasteiger partial charge on any atom is 0.231 e. The van der Waals surface area contributed by atoms with Gasteiger partial charge in [-0.15, -0.1) is 0 Å². The molecule has 2 heterocycles. The molecule has 2 rings (SSSR count). The Balaban J connectivity index is 2.20. The van der Waals surface area contributed by atoms with E-state index in [1.165, 1.54) is 6.42 Å². The second kappa shape index (κ2) is 6.35. The highest BCUT2D eigenvalue weighted by molar-refractivity contribution is 7.80. The van der Waals surface area contributed by atoms with E-state index in [1.807, 2.05) is 13.0 Å². The summed E-state index contributed by atoms with van der Waals surface area (Å²) in [4.78, 5) is 11.3. The van der Waals surface area contributed by atoms with Crippen molar-refractivity contribution in [2.45, 2.75) is 27.2 Å². The summed E-state index contributed by atoms with van der Waals surface area (Å²) in [7, 11) is 1.78. The Morgan fingerprint density at radius 1 is 1.30 bits per heavy atom. The minimum absolute atomic E-state index is 0.530. The fraction of sp³-hybridized carbons (Fsp3) is 0.643. The van der Waals surface area contributed by atoms with Crippen molar-refractivity contribution in [2.24, 2.45) is 11.8 Å². The zero-order valence-electron chi connectivity index (χ0n) is 12.6. The Kier molecular flexibility index (Phi) is 4.75. The van der Waals surface area contributed by atoms with Gasteiger partial charge < -0.3 is 15.5 Å². The molecule has 1 aliphatic heterocycles. The first-order chi connectivity index (χ1) is 9.47. The van der Waals surface area contributed by atoms with Crippen LogP contribution in [0.15, 0.2) is 6.07 Å². The van der Waals surface area contributed by atoms with E-state index in [2.05, 4.69) is 39.3 Å². The zero-order chi connectivity index (χ0) is 14.7. The van der Waals surface area contributed by atoms with E-state index in [-0.39, 0.29) is 0 Å². The standard InChI is InChI=1S/C14H23N5S/c1-9-5-10(2)8-19(7-9)12-6-11(3)16-13(17-12)18-14(20)15-4/h6,9-10H,5,7-8H2,1-4H3,(H2,15,16,17,18,20)/t9-,10+. The summed E-state index contributed by atoms with van der Waals surface area (Å²) in [6.45, 7) is 8.68. The van der Waals surface area contributed by atoms with Crippen LogP contribution in [0.5, 0.6) is 0 Å². The van der Waals surface area contributed by atoms with Gasteiger partial charge in [0.25, 0.3) is 0 Å². The van der Waals surface area contributed by atoms with E-state index in [9.17, 15) is 0 Å². The molecule has 0 aliphatic carbocycles. The molecule has 0 bridgehead atoms. The third-order valence-electron chi connectivity index (χ3n) is 3.49. The molecule has 2 atom stereocenters. The molecule has 0 unspecified atom stereocenters. The van der Waals surface area contributed by atoms with Gasteiger partial charge in [-0.05, 0) is 37.4 Å². The zero-order valence-corrected chi connectivity index (χ0v) is 13.4. The molecular weight excluding hydrogens is 270 g/mol. The fourth-order valence-electron chi connectivity index (χ4n) is 2.78. The Morgan fingerprint density at radius 3 is 2.55 bits per heavy atom. The Bertz CT molecular complexity index is 480. The Labute approximate surface area is 126 Å². The molecule has 2 N–H and O–H groups in total. The van der Waals surface area contributed by atoms with Crippen LogP contribution in [-0.4, -0.2) is 35.2 Å². The number of nitrogens with one attached hydrogen (secondary N) is 2. The highest BCUT2D eigenvalue weighted by Crippen LogP contribution is 2.25. The second-order valence-electron chi connectivity index (χ2n) is 5.75. The topological polar surface area (TPSA) is 53.1 Å². The number of aromatic nitrogens is 2. The van der Waals surface area contributed by atoms with Crippen molar-refractivity contribution in [1.82, 2.24) is 15.3 Å². The lowest BCUT2D eigenvalue weighted by Crippen LogP contribution is -2.39. The molecule has 6 heteroatoms. The van der Waals surface area contributed by atoms with Crippen molar-refractivity contribution in [2.75, 3.05) is 30.4 Å². The number of piperidine rings is 1. The van der Waals surface area contributed by atoms with Gasteiger partial charge in [-0.3, -0.25) is 0 Å². The van der Waals surface area contributed by atoms with Crippen molar-refractivity contribution in [3.05, 3.63) is 11.8 Å². The summed E-state index contributed by atoms with van der Waals surface area (Å²) < 4.78 is 0. The Morgan fingerprint density at radius 2 is 1.95 bits per heavy atom. The van der Waals surface area contributed by atoms with Gasteiger partial charge in [-0.1, -0.05) is 13.8 Å². The number of rotatable bonds is 2. The quantitative estimate of drug-likeness (QED) is 0.815. The molecule has 0 spiro atoms. The van der Waals surface area contributed by atoms with Gasteiger partial charge in [0.1, 0.15) is 5.82 Å². The molecule has 20 heavy (non-hydrogen) atoms.